The van der Waals surface area contributed by atoms with Crippen LogP contribution in [0.5, 0.6) is 0 Å². The van der Waals surface area contributed by atoms with Crippen molar-refractivity contribution in [3.05, 3.63) is 191 Å². The monoisotopic (exact) mass is 624 g/mol. The number of rotatable bonds is 11. The molecule has 2 heteroatoms. The first-order valence-electron chi connectivity index (χ1n) is 17.0. The molecule has 0 aliphatic rings. The Kier molecular flexibility index (Phi) is 10.3. The van der Waals surface area contributed by atoms with Crippen LogP contribution >= 0.6 is 0 Å². The number of hydrogen-bond donors (Lipinski definition) is 0. The van der Waals surface area contributed by atoms with Crippen molar-refractivity contribution in [2.45, 2.75) is 27.7 Å². The van der Waals surface area contributed by atoms with E-state index in [1.165, 1.54) is 67.3 Å². The molecule has 0 bridgehead atoms. The van der Waals surface area contributed by atoms with Crippen LogP contribution in [0, 0.1) is 13.8 Å². The van der Waals surface area contributed by atoms with E-state index in [1.807, 2.05) is 0 Å². The molecule has 0 aliphatic carbocycles. The largest absolute Gasteiger partial charge is 0.341 e. The summed E-state index contributed by atoms with van der Waals surface area (Å²) in [6.45, 7) is 10.4. The molecule has 6 rings (SSSR count). The van der Waals surface area contributed by atoms with Gasteiger partial charge < -0.3 is 9.80 Å². The molecular formula is C46H44N2. The molecule has 0 saturated heterocycles. The number of benzene rings is 6. The van der Waals surface area contributed by atoms with E-state index in [9.17, 15) is 0 Å². The Balaban J connectivity index is 1.33. The van der Waals surface area contributed by atoms with Gasteiger partial charge in [-0.2, -0.15) is 0 Å². The Hall–Kier alpha value is -5.60. The normalized spacial score (nSPS) is 11.8. The maximum absolute atomic E-state index is 2.39. The molecule has 48 heavy (non-hydrogen) atoms. The first-order valence-corrected chi connectivity index (χ1v) is 17.0. The summed E-state index contributed by atoms with van der Waals surface area (Å²) in [5.74, 6) is 0. The van der Waals surface area contributed by atoms with Crippen molar-refractivity contribution >= 4 is 34.9 Å². The van der Waals surface area contributed by atoms with Gasteiger partial charge in [0.2, 0.25) is 0 Å². The van der Waals surface area contributed by atoms with E-state index in [0.29, 0.717) is 0 Å². The highest BCUT2D eigenvalue weighted by molar-refractivity contribution is 5.92. The number of hydrogen-bond acceptors (Lipinski definition) is 2. The van der Waals surface area contributed by atoms with Crippen LogP contribution in [0.3, 0.4) is 0 Å². The molecule has 0 atom stereocenters. The van der Waals surface area contributed by atoms with Crippen LogP contribution in [0.15, 0.2) is 158 Å². The maximum atomic E-state index is 2.39. The Morgan fingerprint density at radius 2 is 0.750 bits per heavy atom. The van der Waals surface area contributed by atoms with E-state index in [1.54, 1.807) is 0 Å². The predicted octanol–water partition coefficient (Wildman–Crippen LogP) is 12.0. The summed E-state index contributed by atoms with van der Waals surface area (Å²) in [6.07, 6.45) is 4.59. The SMILES string of the molecule is CCN(/C(=C/c1ccccc1)c1ccc(-c2ccc(/C(=C\c3ccccc3)N(CC)c3ccc(C)cc3)cc2)cc1)c1ccc(C)cc1. The minimum Gasteiger partial charge on any atom is -0.341 e. The van der Waals surface area contributed by atoms with Gasteiger partial charge in [0.1, 0.15) is 0 Å². The fourth-order valence-corrected chi connectivity index (χ4v) is 6.15. The minimum atomic E-state index is 0.862. The Labute approximate surface area is 287 Å². The second kappa shape index (κ2) is 15.3. The van der Waals surface area contributed by atoms with Crippen molar-refractivity contribution in [3.8, 4) is 11.1 Å². The lowest BCUT2D eigenvalue weighted by molar-refractivity contribution is 1.03. The zero-order valence-corrected chi connectivity index (χ0v) is 28.5. The third-order valence-corrected chi connectivity index (χ3v) is 8.81. The maximum Gasteiger partial charge on any atom is 0.0490 e. The van der Waals surface area contributed by atoms with Gasteiger partial charge in [-0.1, -0.05) is 145 Å². The molecule has 0 fully saturated rings. The second-order valence-corrected chi connectivity index (χ2v) is 12.2. The molecule has 238 valence electrons. The third kappa shape index (κ3) is 7.67. The lowest BCUT2D eigenvalue weighted by atomic mass is 9.98. The van der Waals surface area contributed by atoms with E-state index in [4.69, 9.17) is 0 Å². The molecule has 0 amide bonds. The van der Waals surface area contributed by atoms with Gasteiger partial charge in [-0.3, -0.25) is 0 Å². The Morgan fingerprint density at radius 1 is 0.417 bits per heavy atom. The van der Waals surface area contributed by atoms with Crippen LogP contribution in [0.4, 0.5) is 11.4 Å². The van der Waals surface area contributed by atoms with Crippen LogP contribution in [0.1, 0.15) is 47.2 Å². The van der Waals surface area contributed by atoms with Crippen molar-refractivity contribution in [2.24, 2.45) is 0 Å². The van der Waals surface area contributed by atoms with Crippen molar-refractivity contribution in [3.63, 3.8) is 0 Å². The first kappa shape index (κ1) is 32.3. The van der Waals surface area contributed by atoms with Gasteiger partial charge >= 0.3 is 0 Å². The topological polar surface area (TPSA) is 6.48 Å². The highest BCUT2D eigenvalue weighted by Gasteiger charge is 2.15. The summed E-state index contributed by atoms with van der Waals surface area (Å²) >= 11 is 0. The summed E-state index contributed by atoms with van der Waals surface area (Å²) < 4.78 is 0. The molecule has 0 unspecified atom stereocenters. The van der Waals surface area contributed by atoms with E-state index >= 15 is 0 Å². The van der Waals surface area contributed by atoms with Gasteiger partial charge in [-0.15, -0.1) is 0 Å². The summed E-state index contributed by atoms with van der Waals surface area (Å²) in [5.41, 5.74) is 14.4. The van der Waals surface area contributed by atoms with Gasteiger partial charge in [0.05, 0.1) is 0 Å². The van der Waals surface area contributed by atoms with Crippen molar-refractivity contribution < 1.29 is 0 Å². The van der Waals surface area contributed by atoms with Crippen molar-refractivity contribution in [2.75, 3.05) is 22.9 Å². The standard InChI is InChI=1S/C46H44N2/c1-5-47(43-29-17-35(3)18-30-43)45(33-37-13-9-7-10-14-37)41-25-21-39(22-26-41)40-23-27-42(28-24-40)46(34-38-15-11-8-12-16-38)48(6-2)44-31-19-36(4)20-32-44/h7-34H,5-6H2,1-4H3/b45-33+,46-34+. The van der Waals surface area contributed by atoms with Gasteiger partial charge in [-0.05, 0) is 97.5 Å². The van der Waals surface area contributed by atoms with Crippen LogP contribution in [0.2, 0.25) is 0 Å². The zero-order chi connectivity index (χ0) is 33.3. The molecule has 2 nitrogen and oxygen atoms in total. The van der Waals surface area contributed by atoms with E-state index in [0.717, 1.165) is 13.1 Å². The van der Waals surface area contributed by atoms with Crippen LogP contribution in [-0.4, -0.2) is 13.1 Å². The Bertz CT molecular complexity index is 1800. The second-order valence-electron chi connectivity index (χ2n) is 12.2. The summed E-state index contributed by atoms with van der Waals surface area (Å²) in [5, 5.41) is 0. The first-order chi connectivity index (χ1) is 23.5. The fourth-order valence-electron chi connectivity index (χ4n) is 6.15. The zero-order valence-electron chi connectivity index (χ0n) is 28.5. The fraction of sp³-hybridized carbons (Fsp3) is 0.130. The molecule has 0 saturated carbocycles. The molecule has 0 aliphatic heterocycles. The van der Waals surface area contributed by atoms with Crippen molar-refractivity contribution in [1.82, 2.24) is 0 Å². The van der Waals surface area contributed by atoms with Gasteiger partial charge in [0.25, 0.3) is 0 Å². The summed E-state index contributed by atoms with van der Waals surface area (Å²) in [4.78, 5) is 4.79. The summed E-state index contributed by atoms with van der Waals surface area (Å²) in [7, 11) is 0. The van der Waals surface area contributed by atoms with E-state index < -0.39 is 0 Å². The molecule has 0 radical (unpaired) electrons. The molecular weight excluding hydrogens is 581 g/mol. The van der Waals surface area contributed by atoms with Gasteiger partial charge in [0.15, 0.2) is 0 Å². The average Bonchev–Trinajstić information content (AvgIpc) is 3.14. The Morgan fingerprint density at radius 3 is 1.06 bits per heavy atom. The van der Waals surface area contributed by atoms with Crippen LogP contribution in [0.25, 0.3) is 34.7 Å². The van der Waals surface area contributed by atoms with Crippen molar-refractivity contribution in [1.29, 1.82) is 0 Å². The van der Waals surface area contributed by atoms with E-state index in [2.05, 4.69) is 207 Å². The third-order valence-electron chi connectivity index (χ3n) is 8.81. The summed E-state index contributed by atoms with van der Waals surface area (Å²) in [6, 6.07) is 56.8. The highest BCUT2D eigenvalue weighted by Crippen LogP contribution is 2.33. The number of nitrogens with zero attached hydrogens (tertiary/aromatic N) is 2. The smallest absolute Gasteiger partial charge is 0.0490 e. The molecule has 6 aromatic rings. The highest BCUT2D eigenvalue weighted by atomic mass is 15.1. The van der Waals surface area contributed by atoms with Gasteiger partial charge in [-0.25, -0.2) is 0 Å². The average molecular weight is 625 g/mol. The van der Waals surface area contributed by atoms with Crippen LogP contribution in [-0.2, 0) is 0 Å². The van der Waals surface area contributed by atoms with Crippen LogP contribution < -0.4 is 9.80 Å². The minimum absolute atomic E-state index is 0.862. The quantitative estimate of drug-likeness (QED) is 0.132. The lowest BCUT2D eigenvalue weighted by Crippen LogP contribution is -2.21. The van der Waals surface area contributed by atoms with E-state index in [-0.39, 0.29) is 0 Å². The molecule has 0 N–H and O–H groups in total. The molecule has 6 aromatic carbocycles. The predicted molar refractivity (Wildman–Crippen MR) is 209 cm³/mol. The lowest BCUT2D eigenvalue weighted by Gasteiger charge is -2.27. The molecule has 0 spiro atoms. The van der Waals surface area contributed by atoms with Gasteiger partial charge in [0, 0.05) is 35.9 Å². The number of aryl methyl sites for hydroxylation is 2. The molecule has 0 heterocycles. The number of anilines is 2. The molecule has 0 aromatic heterocycles.